The van der Waals surface area contributed by atoms with Crippen molar-refractivity contribution in [3.05, 3.63) is 35.7 Å². The highest BCUT2D eigenvalue weighted by Crippen LogP contribution is 2.33. The van der Waals surface area contributed by atoms with Gasteiger partial charge in [0, 0.05) is 25.3 Å². The molecule has 2 N–H and O–H groups in total. The van der Waals surface area contributed by atoms with Gasteiger partial charge in [-0.25, -0.2) is 18.4 Å². The fourth-order valence-electron chi connectivity index (χ4n) is 3.36. The molecule has 144 valence electrons. The normalized spacial score (nSPS) is 19.1. The zero-order chi connectivity index (χ0) is 18.9. The molecule has 1 fully saturated rings. The monoisotopic (exact) mass is 390 g/mol. The maximum absolute atomic E-state index is 12.1. The van der Waals surface area contributed by atoms with Gasteiger partial charge in [0.2, 0.25) is 12.7 Å². The van der Waals surface area contributed by atoms with Gasteiger partial charge in [0.1, 0.15) is 4.90 Å². The number of hydrogen-bond acceptors (Lipinski definition) is 8. The highest BCUT2D eigenvalue weighted by molar-refractivity contribution is 7.90. The number of hydrogen-bond donors (Lipinski definition) is 2. The molecule has 3 heterocycles. The molecule has 2 aromatic rings. The Labute approximate surface area is 158 Å². The van der Waals surface area contributed by atoms with Crippen molar-refractivity contribution in [2.24, 2.45) is 0 Å². The Hall–Kier alpha value is -2.39. The van der Waals surface area contributed by atoms with Crippen molar-refractivity contribution < 1.29 is 17.9 Å². The molecule has 1 saturated heterocycles. The molecular formula is C18H22N4O4S. The summed E-state index contributed by atoms with van der Waals surface area (Å²) in [5, 5.41) is 6.49. The molecule has 27 heavy (non-hydrogen) atoms. The molecule has 0 unspecified atom stereocenters. The SMILES string of the molecule is CS(=O)(=O)c1cnc(NCc2ccc3c(c2)OCO3)nc1[C@H]1CCCNC1. The van der Waals surface area contributed by atoms with E-state index in [0.29, 0.717) is 18.2 Å². The number of nitrogens with one attached hydrogen (secondary N) is 2. The number of rotatable bonds is 5. The second-order valence-electron chi connectivity index (χ2n) is 6.80. The van der Waals surface area contributed by atoms with Crippen LogP contribution in [0.1, 0.15) is 30.0 Å². The highest BCUT2D eigenvalue weighted by atomic mass is 32.2. The molecule has 4 rings (SSSR count). The average molecular weight is 390 g/mol. The van der Waals surface area contributed by atoms with E-state index < -0.39 is 9.84 Å². The summed E-state index contributed by atoms with van der Waals surface area (Å²) in [5.41, 5.74) is 1.59. The summed E-state index contributed by atoms with van der Waals surface area (Å²) in [7, 11) is -3.38. The lowest BCUT2D eigenvalue weighted by atomic mass is 9.96. The van der Waals surface area contributed by atoms with Crippen LogP contribution < -0.4 is 20.1 Å². The number of sulfone groups is 1. The number of nitrogens with zero attached hydrogens (tertiary/aromatic N) is 2. The van der Waals surface area contributed by atoms with Crippen LogP contribution in [-0.2, 0) is 16.4 Å². The molecule has 9 heteroatoms. The molecule has 2 aliphatic rings. The van der Waals surface area contributed by atoms with Crippen LogP contribution in [0.3, 0.4) is 0 Å². The zero-order valence-electron chi connectivity index (χ0n) is 15.1. The lowest BCUT2D eigenvalue weighted by molar-refractivity contribution is 0.174. The first-order chi connectivity index (χ1) is 13.0. The van der Waals surface area contributed by atoms with Crippen LogP contribution in [0.2, 0.25) is 0 Å². The van der Waals surface area contributed by atoms with Gasteiger partial charge in [-0.2, -0.15) is 0 Å². The summed E-state index contributed by atoms with van der Waals surface area (Å²) < 4.78 is 35.0. The first-order valence-electron chi connectivity index (χ1n) is 8.91. The van der Waals surface area contributed by atoms with Crippen LogP contribution in [0.25, 0.3) is 0 Å². The summed E-state index contributed by atoms with van der Waals surface area (Å²) in [6, 6.07) is 5.72. The number of aromatic nitrogens is 2. The minimum absolute atomic E-state index is 0.0672. The smallest absolute Gasteiger partial charge is 0.231 e. The summed E-state index contributed by atoms with van der Waals surface area (Å²) in [5.74, 6) is 1.94. The molecule has 0 amide bonds. The second kappa shape index (κ2) is 7.32. The van der Waals surface area contributed by atoms with E-state index in [0.717, 1.165) is 43.0 Å². The summed E-state index contributed by atoms with van der Waals surface area (Å²) >= 11 is 0. The van der Waals surface area contributed by atoms with E-state index in [2.05, 4.69) is 20.6 Å². The van der Waals surface area contributed by atoms with Crippen molar-refractivity contribution in [3.8, 4) is 11.5 Å². The summed E-state index contributed by atoms with van der Waals surface area (Å²) in [6.45, 7) is 2.41. The minimum Gasteiger partial charge on any atom is -0.454 e. The molecule has 0 saturated carbocycles. The minimum atomic E-state index is -3.38. The van der Waals surface area contributed by atoms with Crippen molar-refractivity contribution in [1.29, 1.82) is 0 Å². The van der Waals surface area contributed by atoms with E-state index in [-0.39, 0.29) is 17.6 Å². The molecule has 0 spiro atoms. The third kappa shape index (κ3) is 3.98. The van der Waals surface area contributed by atoms with Gasteiger partial charge in [-0.05, 0) is 37.1 Å². The molecule has 1 atom stereocenters. The Morgan fingerprint density at radius 2 is 2.15 bits per heavy atom. The van der Waals surface area contributed by atoms with E-state index in [1.54, 1.807) is 0 Å². The molecule has 0 aliphatic carbocycles. The van der Waals surface area contributed by atoms with Gasteiger partial charge in [0.25, 0.3) is 0 Å². The second-order valence-corrected chi connectivity index (χ2v) is 8.78. The summed E-state index contributed by atoms with van der Waals surface area (Å²) in [6.07, 6.45) is 4.52. The molecule has 2 aliphatic heterocycles. The quantitative estimate of drug-likeness (QED) is 0.795. The third-order valence-corrected chi connectivity index (χ3v) is 5.87. The molecule has 1 aromatic heterocycles. The predicted octanol–water partition coefficient (Wildman–Crippen LogP) is 1.69. The number of piperidine rings is 1. The first kappa shape index (κ1) is 18.0. The highest BCUT2D eigenvalue weighted by Gasteiger charge is 2.25. The maximum atomic E-state index is 12.1. The lowest BCUT2D eigenvalue weighted by Crippen LogP contribution is -2.30. The van der Waals surface area contributed by atoms with E-state index >= 15 is 0 Å². The van der Waals surface area contributed by atoms with Gasteiger partial charge in [0.05, 0.1) is 11.9 Å². The number of fused-ring (bicyclic) bond motifs is 1. The molecule has 0 bridgehead atoms. The summed E-state index contributed by atoms with van der Waals surface area (Å²) in [4.78, 5) is 8.98. The number of benzene rings is 1. The first-order valence-corrected chi connectivity index (χ1v) is 10.8. The lowest BCUT2D eigenvalue weighted by Gasteiger charge is -2.24. The maximum Gasteiger partial charge on any atom is 0.231 e. The Morgan fingerprint density at radius 3 is 2.93 bits per heavy atom. The van der Waals surface area contributed by atoms with E-state index in [1.807, 2.05) is 18.2 Å². The number of ether oxygens (including phenoxy) is 2. The van der Waals surface area contributed by atoms with E-state index in [4.69, 9.17) is 9.47 Å². The van der Waals surface area contributed by atoms with Crippen molar-refractivity contribution in [1.82, 2.24) is 15.3 Å². The third-order valence-electron chi connectivity index (χ3n) is 4.75. The van der Waals surface area contributed by atoms with Crippen LogP contribution in [0.15, 0.2) is 29.3 Å². The van der Waals surface area contributed by atoms with Crippen molar-refractivity contribution in [2.45, 2.75) is 30.2 Å². The molecule has 0 radical (unpaired) electrons. The molecule has 1 aromatic carbocycles. The van der Waals surface area contributed by atoms with Crippen LogP contribution >= 0.6 is 0 Å². The molecule has 8 nitrogen and oxygen atoms in total. The largest absolute Gasteiger partial charge is 0.454 e. The van der Waals surface area contributed by atoms with E-state index in [1.165, 1.54) is 12.5 Å². The van der Waals surface area contributed by atoms with Crippen LogP contribution in [-0.4, -0.2) is 44.5 Å². The van der Waals surface area contributed by atoms with Gasteiger partial charge in [-0.15, -0.1) is 0 Å². The van der Waals surface area contributed by atoms with Crippen molar-refractivity contribution >= 4 is 15.8 Å². The molecular weight excluding hydrogens is 368 g/mol. The van der Waals surface area contributed by atoms with Crippen molar-refractivity contribution in [3.63, 3.8) is 0 Å². The van der Waals surface area contributed by atoms with Gasteiger partial charge in [0.15, 0.2) is 21.3 Å². The van der Waals surface area contributed by atoms with Gasteiger partial charge >= 0.3 is 0 Å². The van der Waals surface area contributed by atoms with Crippen LogP contribution in [0, 0.1) is 0 Å². The topological polar surface area (TPSA) is 102 Å². The average Bonchev–Trinajstić information content (AvgIpc) is 3.14. The zero-order valence-corrected chi connectivity index (χ0v) is 15.9. The Morgan fingerprint density at radius 1 is 1.30 bits per heavy atom. The fraction of sp³-hybridized carbons (Fsp3) is 0.444. The Bertz CT molecular complexity index is 942. The fourth-order valence-corrected chi connectivity index (χ4v) is 4.20. The van der Waals surface area contributed by atoms with E-state index in [9.17, 15) is 8.42 Å². The van der Waals surface area contributed by atoms with Gasteiger partial charge in [-0.1, -0.05) is 6.07 Å². The number of anilines is 1. The predicted molar refractivity (Wildman–Crippen MR) is 99.9 cm³/mol. The Kier molecular flexibility index (Phi) is 4.88. The van der Waals surface area contributed by atoms with Gasteiger partial charge < -0.3 is 20.1 Å². The van der Waals surface area contributed by atoms with Crippen LogP contribution in [0.4, 0.5) is 5.95 Å². The Balaban J connectivity index is 1.56. The van der Waals surface area contributed by atoms with Crippen molar-refractivity contribution in [2.75, 3.05) is 31.5 Å². The van der Waals surface area contributed by atoms with Crippen LogP contribution in [0.5, 0.6) is 11.5 Å². The standard InChI is InChI=1S/C18H22N4O4S/c1-27(23,24)16-10-21-18(22-17(16)13-3-2-6-19-9-13)20-8-12-4-5-14-15(7-12)26-11-25-14/h4-5,7,10,13,19H,2-3,6,8-9,11H2,1H3,(H,20,21,22)/t13-/m0/s1. The van der Waals surface area contributed by atoms with Gasteiger partial charge in [-0.3, -0.25) is 0 Å².